The first kappa shape index (κ1) is 12.4. The highest BCUT2D eigenvalue weighted by molar-refractivity contribution is 9.10. The standard InChI is InChI=1S/C14H18BrFN2/c15-12-5-4-11(8-13(12)16)18-7-1-6-17-14(9-18)10-2-3-10/h4-5,8,10,14,17H,1-3,6-7,9H2. The summed E-state index contributed by atoms with van der Waals surface area (Å²) in [7, 11) is 0. The Balaban J connectivity index is 1.78. The van der Waals surface area contributed by atoms with E-state index in [-0.39, 0.29) is 5.82 Å². The van der Waals surface area contributed by atoms with Crippen molar-refractivity contribution in [3.8, 4) is 0 Å². The van der Waals surface area contributed by atoms with Gasteiger partial charge in [-0.2, -0.15) is 0 Å². The van der Waals surface area contributed by atoms with Gasteiger partial charge in [0.05, 0.1) is 4.47 Å². The first-order chi connectivity index (χ1) is 8.74. The molecule has 1 atom stereocenters. The lowest BCUT2D eigenvalue weighted by Gasteiger charge is -2.26. The average Bonchev–Trinajstić information content (AvgIpc) is 3.16. The molecule has 2 nitrogen and oxygen atoms in total. The minimum absolute atomic E-state index is 0.173. The van der Waals surface area contributed by atoms with Crippen LogP contribution in [0.15, 0.2) is 22.7 Å². The van der Waals surface area contributed by atoms with E-state index in [0.717, 1.165) is 37.7 Å². The monoisotopic (exact) mass is 312 g/mol. The van der Waals surface area contributed by atoms with Gasteiger partial charge in [0.2, 0.25) is 0 Å². The third-order valence-corrected chi connectivity index (χ3v) is 4.53. The van der Waals surface area contributed by atoms with Gasteiger partial charge in [-0.05, 0) is 65.9 Å². The van der Waals surface area contributed by atoms with E-state index in [1.54, 1.807) is 12.1 Å². The molecule has 1 aliphatic heterocycles. The molecule has 0 radical (unpaired) electrons. The maximum Gasteiger partial charge on any atom is 0.139 e. The Hall–Kier alpha value is -0.610. The number of hydrogen-bond donors (Lipinski definition) is 1. The molecular weight excluding hydrogens is 295 g/mol. The van der Waals surface area contributed by atoms with E-state index in [2.05, 4.69) is 26.1 Å². The van der Waals surface area contributed by atoms with Gasteiger partial charge in [0, 0.05) is 24.8 Å². The summed E-state index contributed by atoms with van der Waals surface area (Å²) in [6, 6.07) is 6.02. The largest absolute Gasteiger partial charge is 0.370 e. The van der Waals surface area contributed by atoms with Crippen LogP contribution in [0.3, 0.4) is 0 Å². The van der Waals surface area contributed by atoms with Crippen molar-refractivity contribution >= 4 is 21.6 Å². The summed E-state index contributed by atoms with van der Waals surface area (Å²) in [6.07, 6.45) is 3.82. The van der Waals surface area contributed by atoms with Crippen molar-refractivity contribution in [2.45, 2.75) is 25.3 Å². The molecule has 0 aromatic heterocycles. The number of hydrogen-bond acceptors (Lipinski definition) is 2. The molecule has 1 saturated heterocycles. The van der Waals surface area contributed by atoms with Crippen LogP contribution in [-0.2, 0) is 0 Å². The third kappa shape index (κ3) is 2.69. The van der Waals surface area contributed by atoms with Crippen LogP contribution in [0, 0.1) is 11.7 Å². The Morgan fingerprint density at radius 2 is 2.17 bits per heavy atom. The summed E-state index contributed by atoms with van der Waals surface area (Å²) in [6.45, 7) is 3.10. The van der Waals surface area contributed by atoms with Gasteiger partial charge >= 0.3 is 0 Å². The molecular formula is C14H18BrFN2. The molecule has 2 fully saturated rings. The lowest BCUT2D eigenvalue weighted by molar-refractivity contribution is 0.490. The Morgan fingerprint density at radius 3 is 2.89 bits per heavy atom. The maximum atomic E-state index is 13.6. The molecule has 0 spiro atoms. The number of anilines is 1. The number of halogens is 2. The predicted octanol–water partition coefficient (Wildman–Crippen LogP) is 3.17. The van der Waals surface area contributed by atoms with Gasteiger partial charge in [0.1, 0.15) is 5.82 Å². The lowest BCUT2D eigenvalue weighted by atomic mass is 10.1. The van der Waals surface area contributed by atoms with E-state index in [1.807, 2.05) is 6.07 Å². The Bertz CT molecular complexity index is 434. The van der Waals surface area contributed by atoms with Crippen molar-refractivity contribution in [3.05, 3.63) is 28.5 Å². The minimum Gasteiger partial charge on any atom is -0.370 e. The molecule has 1 saturated carbocycles. The van der Waals surface area contributed by atoms with Gasteiger partial charge in [0.15, 0.2) is 0 Å². The van der Waals surface area contributed by atoms with E-state index in [4.69, 9.17) is 0 Å². The number of nitrogens with zero attached hydrogens (tertiary/aromatic N) is 1. The van der Waals surface area contributed by atoms with Crippen molar-refractivity contribution in [1.29, 1.82) is 0 Å². The topological polar surface area (TPSA) is 15.3 Å². The normalized spacial score (nSPS) is 25.0. The van der Waals surface area contributed by atoms with Crippen LogP contribution >= 0.6 is 15.9 Å². The van der Waals surface area contributed by atoms with Crippen molar-refractivity contribution in [2.24, 2.45) is 5.92 Å². The fourth-order valence-electron chi connectivity index (χ4n) is 2.68. The van der Waals surface area contributed by atoms with Crippen molar-refractivity contribution in [1.82, 2.24) is 5.32 Å². The van der Waals surface area contributed by atoms with Crippen LogP contribution in [-0.4, -0.2) is 25.7 Å². The zero-order valence-corrected chi connectivity index (χ0v) is 11.9. The lowest BCUT2D eigenvalue weighted by Crippen LogP contribution is -2.39. The van der Waals surface area contributed by atoms with Crippen molar-refractivity contribution in [2.75, 3.05) is 24.5 Å². The van der Waals surface area contributed by atoms with Gasteiger partial charge in [-0.1, -0.05) is 0 Å². The molecule has 98 valence electrons. The number of benzene rings is 1. The van der Waals surface area contributed by atoms with E-state index < -0.39 is 0 Å². The van der Waals surface area contributed by atoms with Crippen molar-refractivity contribution in [3.63, 3.8) is 0 Å². The molecule has 1 aliphatic carbocycles. The molecule has 3 rings (SSSR count). The SMILES string of the molecule is Fc1cc(N2CCCNC(C3CC3)C2)ccc1Br. The van der Waals surface area contributed by atoms with E-state index in [1.165, 1.54) is 12.8 Å². The van der Waals surface area contributed by atoms with Crippen LogP contribution in [0.4, 0.5) is 10.1 Å². The maximum absolute atomic E-state index is 13.6. The summed E-state index contributed by atoms with van der Waals surface area (Å²) >= 11 is 3.21. The Labute approximate surface area is 116 Å². The Morgan fingerprint density at radius 1 is 1.33 bits per heavy atom. The molecule has 2 aliphatic rings. The molecule has 1 aromatic rings. The summed E-state index contributed by atoms with van der Waals surface area (Å²) in [5, 5.41) is 3.62. The second-order valence-corrected chi connectivity index (χ2v) is 6.15. The van der Waals surface area contributed by atoms with Gasteiger partial charge in [-0.15, -0.1) is 0 Å². The summed E-state index contributed by atoms with van der Waals surface area (Å²) in [4.78, 5) is 2.32. The molecule has 1 heterocycles. The van der Waals surface area contributed by atoms with E-state index in [9.17, 15) is 4.39 Å². The van der Waals surface area contributed by atoms with Crippen LogP contribution in [0.1, 0.15) is 19.3 Å². The van der Waals surface area contributed by atoms with Gasteiger partial charge in [0.25, 0.3) is 0 Å². The summed E-state index contributed by atoms with van der Waals surface area (Å²) in [5.74, 6) is 0.665. The zero-order valence-electron chi connectivity index (χ0n) is 10.3. The van der Waals surface area contributed by atoms with Crippen LogP contribution in [0.25, 0.3) is 0 Å². The third-order valence-electron chi connectivity index (χ3n) is 3.89. The zero-order chi connectivity index (χ0) is 12.5. The minimum atomic E-state index is -0.173. The predicted molar refractivity (Wildman–Crippen MR) is 75.4 cm³/mol. The highest BCUT2D eigenvalue weighted by atomic mass is 79.9. The molecule has 1 aromatic carbocycles. The molecule has 4 heteroatoms. The smallest absolute Gasteiger partial charge is 0.139 e. The van der Waals surface area contributed by atoms with Crippen LogP contribution in [0.2, 0.25) is 0 Å². The second kappa shape index (κ2) is 5.17. The quantitative estimate of drug-likeness (QED) is 0.902. The first-order valence-electron chi connectivity index (χ1n) is 6.67. The first-order valence-corrected chi connectivity index (χ1v) is 7.47. The highest BCUT2D eigenvalue weighted by Crippen LogP contribution is 2.34. The van der Waals surface area contributed by atoms with E-state index >= 15 is 0 Å². The fraction of sp³-hybridized carbons (Fsp3) is 0.571. The highest BCUT2D eigenvalue weighted by Gasteiger charge is 2.33. The fourth-order valence-corrected chi connectivity index (χ4v) is 2.93. The summed E-state index contributed by atoms with van der Waals surface area (Å²) < 4.78 is 14.2. The number of rotatable bonds is 2. The second-order valence-electron chi connectivity index (χ2n) is 5.30. The van der Waals surface area contributed by atoms with Gasteiger partial charge in [-0.25, -0.2) is 4.39 Å². The van der Waals surface area contributed by atoms with Crippen LogP contribution < -0.4 is 10.2 Å². The van der Waals surface area contributed by atoms with Gasteiger partial charge in [-0.3, -0.25) is 0 Å². The van der Waals surface area contributed by atoms with Gasteiger partial charge < -0.3 is 10.2 Å². The molecule has 0 bridgehead atoms. The summed E-state index contributed by atoms with van der Waals surface area (Å²) in [5.41, 5.74) is 1.00. The van der Waals surface area contributed by atoms with Crippen molar-refractivity contribution < 1.29 is 4.39 Å². The Kier molecular flexibility index (Phi) is 3.57. The number of nitrogens with one attached hydrogen (secondary N) is 1. The van der Waals surface area contributed by atoms with E-state index in [0.29, 0.717) is 10.5 Å². The van der Waals surface area contributed by atoms with Crippen LogP contribution in [0.5, 0.6) is 0 Å². The molecule has 1 N–H and O–H groups in total. The molecule has 0 amide bonds. The molecule has 1 unspecified atom stereocenters. The average molecular weight is 313 g/mol. The molecule has 18 heavy (non-hydrogen) atoms.